The highest BCUT2D eigenvalue weighted by molar-refractivity contribution is 5.94. The Hall–Kier alpha value is -3.02. The molecule has 0 fully saturated rings. The third-order valence-electron chi connectivity index (χ3n) is 5.01. The molecule has 0 saturated carbocycles. The average molecular weight is 383 g/mol. The minimum absolute atomic E-state index is 0.0464. The number of aryl methyl sites for hydroxylation is 2. The number of nitrogens with one attached hydrogen (secondary N) is 1. The van der Waals surface area contributed by atoms with Crippen LogP contribution in [-0.4, -0.2) is 30.7 Å². The summed E-state index contributed by atoms with van der Waals surface area (Å²) in [6.45, 7) is 1.48. The molecule has 0 saturated heterocycles. The largest absolute Gasteiger partial charge is 0.507 e. The summed E-state index contributed by atoms with van der Waals surface area (Å²) in [7, 11) is 1.46. The van der Waals surface area contributed by atoms with Gasteiger partial charge in [0, 0.05) is 0 Å². The average Bonchev–Trinajstić information content (AvgIpc) is 2.72. The number of benzene rings is 2. The zero-order chi connectivity index (χ0) is 20.1. The predicted octanol–water partition coefficient (Wildman–Crippen LogP) is 3.31. The molecule has 1 aliphatic rings. The maximum Gasteiger partial charge on any atom is 0.342 e. The van der Waals surface area contributed by atoms with Gasteiger partial charge in [0.25, 0.3) is 5.91 Å². The maximum absolute atomic E-state index is 12.2. The Morgan fingerprint density at radius 1 is 1.11 bits per heavy atom. The molecule has 2 N–H and O–H groups in total. The predicted molar refractivity (Wildman–Crippen MR) is 105 cm³/mol. The molecule has 0 heterocycles. The van der Waals surface area contributed by atoms with Crippen molar-refractivity contribution in [1.29, 1.82) is 0 Å². The summed E-state index contributed by atoms with van der Waals surface area (Å²) in [5.74, 6) is -1.00. The summed E-state index contributed by atoms with van der Waals surface area (Å²) in [5.41, 5.74) is 3.73. The van der Waals surface area contributed by atoms with E-state index in [-0.39, 0.29) is 17.4 Å². The third kappa shape index (κ3) is 4.63. The Balaban J connectivity index is 1.56. The van der Waals surface area contributed by atoms with Crippen molar-refractivity contribution in [2.75, 3.05) is 13.7 Å². The van der Waals surface area contributed by atoms with E-state index in [1.807, 2.05) is 13.0 Å². The molecule has 6 nitrogen and oxygen atoms in total. The van der Waals surface area contributed by atoms with Gasteiger partial charge in [-0.2, -0.15) is 0 Å². The van der Waals surface area contributed by atoms with Gasteiger partial charge in [-0.05, 0) is 67.5 Å². The van der Waals surface area contributed by atoms with Crippen LogP contribution in [0, 0.1) is 0 Å². The van der Waals surface area contributed by atoms with Crippen LogP contribution in [0.5, 0.6) is 11.5 Å². The van der Waals surface area contributed by atoms with Crippen LogP contribution in [-0.2, 0) is 22.4 Å². The fraction of sp³-hybridized carbons (Fsp3) is 0.364. The zero-order valence-corrected chi connectivity index (χ0v) is 16.2. The lowest BCUT2D eigenvalue weighted by Crippen LogP contribution is -2.31. The van der Waals surface area contributed by atoms with Gasteiger partial charge < -0.3 is 19.9 Å². The Kier molecular flexibility index (Phi) is 6.19. The number of methoxy groups -OCH3 is 1. The summed E-state index contributed by atoms with van der Waals surface area (Å²) < 4.78 is 10.1. The van der Waals surface area contributed by atoms with Crippen molar-refractivity contribution in [3.8, 4) is 11.5 Å². The van der Waals surface area contributed by atoms with Gasteiger partial charge in [-0.1, -0.05) is 18.2 Å². The molecule has 1 unspecified atom stereocenters. The second kappa shape index (κ2) is 8.78. The zero-order valence-electron chi connectivity index (χ0n) is 16.2. The number of ether oxygens (including phenoxy) is 2. The van der Waals surface area contributed by atoms with E-state index in [1.54, 1.807) is 0 Å². The van der Waals surface area contributed by atoms with Crippen molar-refractivity contribution in [3.05, 3.63) is 58.7 Å². The topological polar surface area (TPSA) is 84.9 Å². The van der Waals surface area contributed by atoms with Crippen molar-refractivity contribution >= 4 is 11.9 Å². The number of rotatable bonds is 6. The molecule has 0 radical (unpaired) electrons. The number of esters is 1. The van der Waals surface area contributed by atoms with Gasteiger partial charge in [-0.3, -0.25) is 4.79 Å². The van der Waals surface area contributed by atoms with Crippen LogP contribution in [0.25, 0.3) is 0 Å². The molecule has 0 aromatic heterocycles. The number of amides is 1. The fourth-order valence-corrected chi connectivity index (χ4v) is 3.40. The van der Waals surface area contributed by atoms with E-state index in [1.165, 1.54) is 49.3 Å². The van der Waals surface area contributed by atoms with Crippen LogP contribution in [0.4, 0.5) is 0 Å². The van der Waals surface area contributed by atoms with E-state index in [0.717, 1.165) is 18.4 Å². The number of fused-ring (bicyclic) bond motifs is 1. The van der Waals surface area contributed by atoms with Gasteiger partial charge in [0.1, 0.15) is 17.1 Å². The van der Waals surface area contributed by atoms with Gasteiger partial charge in [0.15, 0.2) is 6.61 Å². The van der Waals surface area contributed by atoms with E-state index in [0.29, 0.717) is 5.75 Å². The Morgan fingerprint density at radius 2 is 1.86 bits per heavy atom. The summed E-state index contributed by atoms with van der Waals surface area (Å²) in [4.78, 5) is 24.3. The molecule has 0 spiro atoms. The van der Waals surface area contributed by atoms with Gasteiger partial charge in [0.05, 0.1) is 13.2 Å². The highest BCUT2D eigenvalue weighted by Gasteiger charge is 2.18. The lowest BCUT2D eigenvalue weighted by molar-refractivity contribution is -0.124. The Morgan fingerprint density at radius 3 is 2.61 bits per heavy atom. The van der Waals surface area contributed by atoms with Crippen molar-refractivity contribution in [2.45, 2.75) is 38.6 Å². The normalized spacial score (nSPS) is 13.9. The van der Waals surface area contributed by atoms with E-state index in [4.69, 9.17) is 9.47 Å². The second-order valence-corrected chi connectivity index (χ2v) is 6.98. The van der Waals surface area contributed by atoms with E-state index in [2.05, 4.69) is 17.4 Å². The number of carbonyl (C=O) groups is 2. The summed E-state index contributed by atoms with van der Waals surface area (Å²) in [5, 5.41) is 12.6. The van der Waals surface area contributed by atoms with Gasteiger partial charge >= 0.3 is 5.97 Å². The molecule has 148 valence electrons. The number of phenols is 1. The van der Waals surface area contributed by atoms with Crippen LogP contribution in [0.15, 0.2) is 36.4 Å². The second-order valence-electron chi connectivity index (χ2n) is 6.98. The molecule has 0 aliphatic heterocycles. The summed E-state index contributed by atoms with van der Waals surface area (Å²) in [6, 6.07) is 10.4. The van der Waals surface area contributed by atoms with Gasteiger partial charge in [-0.15, -0.1) is 0 Å². The smallest absolute Gasteiger partial charge is 0.342 e. The van der Waals surface area contributed by atoms with E-state index in [9.17, 15) is 14.7 Å². The van der Waals surface area contributed by atoms with Crippen LogP contribution in [0.3, 0.4) is 0 Å². The molecular weight excluding hydrogens is 358 g/mol. The van der Waals surface area contributed by atoms with Gasteiger partial charge in [-0.25, -0.2) is 4.79 Å². The van der Waals surface area contributed by atoms with Crippen molar-refractivity contribution < 1.29 is 24.2 Å². The Labute approximate surface area is 164 Å². The van der Waals surface area contributed by atoms with E-state index >= 15 is 0 Å². The summed E-state index contributed by atoms with van der Waals surface area (Å²) in [6.07, 6.45) is 4.62. The van der Waals surface area contributed by atoms with Crippen LogP contribution in [0.2, 0.25) is 0 Å². The molecule has 28 heavy (non-hydrogen) atoms. The van der Waals surface area contributed by atoms with Crippen molar-refractivity contribution in [3.63, 3.8) is 0 Å². The molecule has 1 aliphatic carbocycles. The molecule has 1 amide bonds. The fourth-order valence-electron chi connectivity index (χ4n) is 3.40. The first-order valence-electron chi connectivity index (χ1n) is 9.43. The standard InChI is InChI=1S/C22H25NO5/c1-14(16-8-7-15-5-3-4-6-17(15)11-16)23-21(25)13-28-22(26)19-12-18(27-2)9-10-20(19)24/h7-12,14,24H,3-6,13H2,1-2H3,(H,23,25). The molecular formula is C22H25NO5. The monoisotopic (exact) mass is 383 g/mol. The lowest BCUT2D eigenvalue weighted by atomic mass is 9.89. The maximum atomic E-state index is 12.2. The number of hydrogen-bond donors (Lipinski definition) is 2. The quantitative estimate of drug-likeness (QED) is 0.748. The van der Waals surface area contributed by atoms with Gasteiger partial charge in [0.2, 0.25) is 0 Å². The lowest BCUT2D eigenvalue weighted by Gasteiger charge is -2.20. The first-order valence-corrected chi connectivity index (χ1v) is 9.43. The molecule has 3 rings (SSSR count). The molecule has 1 atom stereocenters. The number of phenolic OH excluding ortho intramolecular Hbond substituents is 1. The Bertz CT molecular complexity index is 877. The first-order chi connectivity index (χ1) is 13.5. The first kappa shape index (κ1) is 19.7. The minimum Gasteiger partial charge on any atom is -0.507 e. The van der Waals surface area contributed by atoms with Crippen molar-refractivity contribution in [1.82, 2.24) is 5.32 Å². The minimum atomic E-state index is -0.784. The number of aromatic hydroxyl groups is 1. The van der Waals surface area contributed by atoms with Crippen LogP contribution < -0.4 is 10.1 Å². The van der Waals surface area contributed by atoms with E-state index < -0.39 is 18.5 Å². The van der Waals surface area contributed by atoms with Crippen LogP contribution >= 0.6 is 0 Å². The molecule has 6 heteroatoms. The van der Waals surface area contributed by atoms with Crippen molar-refractivity contribution in [2.24, 2.45) is 0 Å². The molecule has 0 bridgehead atoms. The van der Waals surface area contributed by atoms with Crippen LogP contribution in [0.1, 0.15) is 52.9 Å². The highest BCUT2D eigenvalue weighted by atomic mass is 16.5. The number of hydrogen-bond acceptors (Lipinski definition) is 5. The SMILES string of the molecule is COc1ccc(O)c(C(=O)OCC(=O)NC(C)c2ccc3c(c2)CCCC3)c1. The highest BCUT2D eigenvalue weighted by Crippen LogP contribution is 2.25. The molecule has 2 aromatic rings. The number of carbonyl (C=O) groups excluding carboxylic acids is 2. The summed E-state index contributed by atoms with van der Waals surface area (Å²) >= 11 is 0. The molecule has 2 aromatic carbocycles. The third-order valence-corrected chi connectivity index (χ3v) is 5.01.